The fourth-order valence-corrected chi connectivity index (χ4v) is 1.73. The average molecular weight is 293 g/mol. The van der Waals surface area contributed by atoms with Crippen molar-refractivity contribution in [1.82, 2.24) is 9.97 Å². The van der Waals surface area contributed by atoms with Gasteiger partial charge in [0.25, 0.3) is 0 Å². The number of aldehydes is 1. The molecule has 0 aliphatic heterocycles. The van der Waals surface area contributed by atoms with E-state index >= 15 is 0 Å². The van der Waals surface area contributed by atoms with Gasteiger partial charge >= 0.3 is 0 Å². The monoisotopic (exact) mass is 292 g/mol. The first-order valence-corrected chi connectivity index (χ1v) is 5.58. The van der Waals surface area contributed by atoms with Crippen molar-refractivity contribution < 1.29 is 4.79 Å². The lowest BCUT2D eigenvalue weighted by Crippen LogP contribution is -2.04. The number of aromatic nitrogens is 2. The van der Waals surface area contributed by atoms with Crippen LogP contribution in [0.15, 0.2) is 35.1 Å². The molecule has 1 aromatic carbocycles. The number of nitrogens with zero attached hydrogens (tertiary/aromatic N) is 2. The largest absolute Gasteiger partial charge is 0.383 e. The van der Waals surface area contributed by atoms with Crippen molar-refractivity contribution >= 4 is 39.5 Å². The number of hydrogen-bond acceptors (Lipinski definition) is 5. The van der Waals surface area contributed by atoms with Crippen molar-refractivity contribution in [1.29, 1.82) is 0 Å². The van der Waals surface area contributed by atoms with Crippen LogP contribution in [0, 0.1) is 0 Å². The zero-order valence-corrected chi connectivity index (χ0v) is 10.3. The number of benzene rings is 1. The summed E-state index contributed by atoms with van der Waals surface area (Å²) in [6.45, 7) is 0. The van der Waals surface area contributed by atoms with Gasteiger partial charge in [-0.3, -0.25) is 4.79 Å². The number of nitrogens with two attached hydrogens (primary N) is 1. The Hall–Kier alpha value is -1.95. The van der Waals surface area contributed by atoms with Gasteiger partial charge in [0.15, 0.2) is 6.29 Å². The Bertz CT molecular complexity index is 559. The van der Waals surface area contributed by atoms with Crippen LogP contribution in [0.1, 0.15) is 10.4 Å². The number of rotatable bonds is 3. The molecule has 0 fully saturated rings. The maximum Gasteiger partial charge on any atom is 0.157 e. The third-order valence-corrected chi connectivity index (χ3v) is 2.61. The van der Waals surface area contributed by atoms with Crippen LogP contribution < -0.4 is 11.1 Å². The molecule has 5 nitrogen and oxygen atoms in total. The van der Waals surface area contributed by atoms with E-state index in [0.717, 1.165) is 10.2 Å². The van der Waals surface area contributed by atoms with E-state index in [4.69, 9.17) is 5.73 Å². The second-order valence-corrected chi connectivity index (χ2v) is 4.19. The predicted octanol–water partition coefficient (Wildman–Crippen LogP) is 2.38. The van der Waals surface area contributed by atoms with Crippen LogP contribution in [0.5, 0.6) is 0 Å². The van der Waals surface area contributed by atoms with Crippen LogP contribution in [-0.4, -0.2) is 16.3 Å². The van der Waals surface area contributed by atoms with Crippen LogP contribution in [0.2, 0.25) is 0 Å². The van der Waals surface area contributed by atoms with Crippen LogP contribution in [0.4, 0.5) is 17.3 Å². The van der Waals surface area contributed by atoms with Gasteiger partial charge in [-0.15, -0.1) is 0 Å². The van der Waals surface area contributed by atoms with Gasteiger partial charge in [0.05, 0.1) is 5.56 Å². The molecule has 0 aliphatic rings. The lowest BCUT2D eigenvalue weighted by atomic mass is 10.2. The third-order valence-electron chi connectivity index (χ3n) is 2.12. The SMILES string of the molecule is Nc1ncnc(Nc2cccc(Br)c2)c1C=O. The van der Waals surface area contributed by atoms with E-state index in [2.05, 4.69) is 31.2 Å². The highest BCUT2D eigenvalue weighted by Crippen LogP contribution is 2.22. The fourth-order valence-electron chi connectivity index (χ4n) is 1.33. The van der Waals surface area contributed by atoms with Gasteiger partial charge in [0, 0.05) is 10.2 Å². The molecule has 1 aromatic heterocycles. The first-order chi connectivity index (χ1) is 8.20. The smallest absolute Gasteiger partial charge is 0.157 e. The molecule has 6 heteroatoms. The lowest BCUT2D eigenvalue weighted by molar-refractivity contribution is 0.112. The summed E-state index contributed by atoms with van der Waals surface area (Å²) in [6.07, 6.45) is 1.94. The quantitative estimate of drug-likeness (QED) is 0.849. The average Bonchev–Trinajstić information content (AvgIpc) is 2.29. The predicted molar refractivity (Wildman–Crippen MR) is 69.3 cm³/mol. The summed E-state index contributed by atoms with van der Waals surface area (Å²) in [4.78, 5) is 18.6. The fraction of sp³-hybridized carbons (Fsp3) is 0. The molecule has 0 saturated heterocycles. The third kappa shape index (κ3) is 2.59. The number of halogens is 1. The molecule has 17 heavy (non-hydrogen) atoms. The molecule has 0 radical (unpaired) electrons. The van der Waals surface area contributed by atoms with Gasteiger partial charge in [-0.1, -0.05) is 22.0 Å². The number of hydrogen-bond donors (Lipinski definition) is 2. The summed E-state index contributed by atoms with van der Waals surface area (Å²) in [5, 5.41) is 3.01. The Balaban J connectivity index is 2.36. The van der Waals surface area contributed by atoms with Crippen molar-refractivity contribution in [3.63, 3.8) is 0 Å². The van der Waals surface area contributed by atoms with Crippen molar-refractivity contribution in [2.75, 3.05) is 11.1 Å². The minimum absolute atomic E-state index is 0.160. The molecule has 0 saturated carbocycles. The molecule has 0 spiro atoms. The van der Waals surface area contributed by atoms with Gasteiger partial charge in [0.2, 0.25) is 0 Å². The van der Waals surface area contributed by atoms with Crippen molar-refractivity contribution in [3.05, 3.63) is 40.6 Å². The van der Waals surface area contributed by atoms with E-state index in [-0.39, 0.29) is 11.4 Å². The van der Waals surface area contributed by atoms with E-state index in [1.54, 1.807) is 0 Å². The summed E-state index contributed by atoms with van der Waals surface area (Å²) < 4.78 is 0.928. The molecular formula is C11H9BrN4O. The Morgan fingerprint density at radius 2 is 2.18 bits per heavy atom. The molecule has 0 amide bonds. The Labute approximate surface area is 106 Å². The molecule has 0 aliphatic carbocycles. The zero-order chi connectivity index (χ0) is 12.3. The Kier molecular flexibility index (Phi) is 3.34. The van der Waals surface area contributed by atoms with Gasteiger partial charge in [-0.05, 0) is 18.2 Å². The highest BCUT2D eigenvalue weighted by atomic mass is 79.9. The first-order valence-electron chi connectivity index (χ1n) is 4.79. The van der Waals surface area contributed by atoms with Gasteiger partial charge in [-0.25, -0.2) is 9.97 Å². The minimum Gasteiger partial charge on any atom is -0.383 e. The summed E-state index contributed by atoms with van der Waals surface area (Å²) in [5.74, 6) is 0.554. The number of nitrogens with one attached hydrogen (secondary N) is 1. The number of anilines is 3. The Morgan fingerprint density at radius 3 is 2.88 bits per heavy atom. The van der Waals surface area contributed by atoms with E-state index in [1.165, 1.54) is 6.33 Å². The second kappa shape index (κ2) is 4.92. The molecule has 0 bridgehead atoms. The summed E-state index contributed by atoms with van der Waals surface area (Å²) in [6, 6.07) is 7.50. The molecule has 0 atom stereocenters. The number of carbonyl (C=O) groups excluding carboxylic acids is 1. The maximum absolute atomic E-state index is 10.9. The molecule has 0 unspecified atom stereocenters. The van der Waals surface area contributed by atoms with Gasteiger partial charge in [-0.2, -0.15) is 0 Å². The van der Waals surface area contributed by atoms with E-state index in [0.29, 0.717) is 12.1 Å². The topological polar surface area (TPSA) is 80.9 Å². The van der Waals surface area contributed by atoms with Crippen LogP contribution in [-0.2, 0) is 0 Å². The maximum atomic E-state index is 10.9. The normalized spacial score (nSPS) is 9.94. The molecular weight excluding hydrogens is 284 g/mol. The van der Waals surface area contributed by atoms with Crippen molar-refractivity contribution in [3.8, 4) is 0 Å². The summed E-state index contributed by atoms with van der Waals surface area (Å²) in [5.41, 5.74) is 6.65. The van der Waals surface area contributed by atoms with E-state index in [9.17, 15) is 4.79 Å². The second-order valence-electron chi connectivity index (χ2n) is 3.27. The standard InChI is InChI=1S/C11H9BrN4O/c12-7-2-1-3-8(4-7)16-11-9(5-17)10(13)14-6-15-11/h1-6H,(H3,13,14,15,16). The number of carbonyl (C=O) groups is 1. The Morgan fingerprint density at radius 1 is 1.35 bits per heavy atom. The van der Waals surface area contributed by atoms with Crippen LogP contribution >= 0.6 is 15.9 Å². The van der Waals surface area contributed by atoms with E-state index < -0.39 is 0 Å². The van der Waals surface area contributed by atoms with Crippen molar-refractivity contribution in [2.45, 2.75) is 0 Å². The molecule has 2 rings (SSSR count). The highest BCUT2D eigenvalue weighted by Gasteiger charge is 2.08. The molecule has 1 heterocycles. The minimum atomic E-state index is 0.160. The van der Waals surface area contributed by atoms with Crippen LogP contribution in [0.25, 0.3) is 0 Å². The highest BCUT2D eigenvalue weighted by molar-refractivity contribution is 9.10. The van der Waals surface area contributed by atoms with Crippen LogP contribution in [0.3, 0.4) is 0 Å². The number of nitrogen functional groups attached to an aromatic ring is 1. The van der Waals surface area contributed by atoms with E-state index in [1.807, 2.05) is 24.3 Å². The van der Waals surface area contributed by atoms with Crippen molar-refractivity contribution in [2.24, 2.45) is 0 Å². The van der Waals surface area contributed by atoms with Gasteiger partial charge < -0.3 is 11.1 Å². The summed E-state index contributed by atoms with van der Waals surface area (Å²) in [7, 11) is 0. The zero-order valence-electron chi connectivity index (χ0n) is 8.72. The van der Waals surface area contributed by atoms with Gasteiger partial charge in [0.1, 0.15) is 18.0 Å². The first kappa shape index (κ1) is 11.5. The summed E-state index contributed by atoms with van der Waals surface area (Å²) >= 11 is 3.36. The molecule has 86 valence electrons. The molecule has 2 aromatic rings. The molecule has 3 N–H and O–H groups in total. The lowest BCUT2D eigenvalue weighted by Gasteiger charge is -2.08.